The molecule has 0 saturated carbocycles. The third-order valence-corrected chi connectivity index (χ3v) is 6.80. The van der Waals surface area contributed by atoms with Crippen LogP contribution in [-0.4, -0.2) is 9.97 Å². The van der Waals surface area contributed by atoms with Gasteiger partial charge in [-0.15, -0.1) is 34.0 Å². The van der Waals surface area contributed by atoms with Crippen LogP contribution in [0.3, 0.4) is 0 Å². The highest BCUT2D eigenvalue weighted by Gasteiger charge is 2.12. The van der Waals surface area contributed by atoms with Crippen LogP contribution in [-0.2, 0) is 0 Å². The van der Waals surface area contributed by atoms with Gasteiger partial charge in [-0.2, -0.15) is 0 Å². The van der Waals surface area contributed by atoms with Crippen molar-refractivity contribution in [3.05, 3.63) is 33.2 Å². The average Bonchev–Trinajstić information content (AvgIpc) is 3.05. The molecule has 0 fully saturated rings. The summed E-state index contributed by atoms with van der Waals surface area (Å²) >= 11 is 16.8. The van der Waals surface area contributed by atoms with E-state index in [0.29, 0.717) is 8.93 Å². The summed E-state index contributed by atoms with van der Waals surface area (Å²) in [5.74, 6) is 0. The first-order valence-electron chi connectivity index (χ1n) is 6.06. The van der Waals surface area contributed by atoms with Gasteiger partial charge in [-0.05, 0) is 24.3 Å². The zero-order valence-electron chi connectivity index (χ0n) is 10.2. The molecule has 0 spiro atoms. The largest absolute Gasteiger partial charge is 0.225 e. The molecule has 7 heteroatoms. The van der Waals surface area contributed by atoms with Crippen LogP contribution in [0.2, 0.25) is 8.93 Å². The standard InChI is InChI=1S/C14H4Cl2N2S3/c15-13-17-7-3-9-5(1-11(7)20-13)6-2-12-8(4-10(6)19-9)18-14(16)21-12/h1-4H. The highest BCUT2D eigenvalue weighted by Crippen LogP contribution is 2.41. The molecule has 0 radical (unpaired) electrons. The van der Waals surface area contributed by atoms with Crippen LogP contribution >= 0.6 is 57.2 Å². The van der Waals surface area contributed by atoms with Crippen LogP contribution in [0.5, 0.6) is 0 Å². The van der Waals surface area contributed by atoms with Gasteiger partial charge in [0.05, 0.1) is 20.4 Å². The summed E-state index contributed by atoms with van der Waals surface area (Å²) in [6, 6.07) is 8.60. The van der Waals surface area contributed by atoms with Gasteiger partial charge < -0.3 is 0 Å². The SMILES string of the molecule is Clc1nc2cc3sc4cc5nc(Cl)sc5cc4c3cc2s1. The molecule has 0 aliphatic heterocycles. The molecule has 0 amide bonds. The minimum atomic E-state index is 0.587. The van der Waals surface area contributed by atoms with E-state index in [2.05, 4.69) is 34.2 Å². The van der Waals surface area contributed by atoms with Gasteiger partial charge in [-0.3, -0.25) is 0 Å². The van der Waals surface area contributed by atoms with Gasteiger partial charge in [0.1, 0.15) is 0 Å². The summed E-state index contributed by atoms with van der Waals surface area (Å²) in [5, 5.41) is 2.49. The van der Waals surface area contributed by atoms with Crippen molar-refractivity contribution >= 4 is 97.8 Å². The Bertz CT molecular complexity index is 1080. The fourth-order valence-electron chi connectivity index (χ4n) is 2.56. The van der Waals surface area contributed by atoms with Crippen molar-refractivity contribution in [3.63, 3.8) is 0 Å². The molecule has 5 aromatic rings. The van der Waals surface area contributed by atoms with Gasteiger partial charge in [0, 0.05) is 20.2 Å². The quantitative estimate of drug-likeness (QED) is 0.309. The normalized spacial score (nSPS) is 12.3. The van der Waals surface area contributed by atoms with Crippen molar-refractivity contribution in [1.29, 1.82) is 0 Å². The summed E-state index contributed by atoms with van der Waals surface area (Å²) in [5.41, 5.74) is 1.93. The number of hydrogen-bond donors (Lipinski definition) is 0. The van der Waals surface area contributed by atoms with E-state index >= 15 is 0 Å². The van der Waals surface area contributed by atoms with E-state index in [1.54, 1.807) is 11.3 Å². The molecule has 3 aromatic heterocycles. The number of benzene rings is 2. The van der Waals surface area contributed by atoms with Crippen LogP contribution < -0.4 is 0 Å². The summed E-state index contributed by atoms with van der Waals surface area (Å²) in [6.45, 7) is 0. The van der Waals surface area contributed by atoms with Crippen molar-refractivity contribution in [2.75, 3.05) is 0 Å². The predicted octanol–water partition coefficient (Wildman–Crippen LogP) is 6.58. The number of rotatable bonds is 0. The number of nitrogens with zero attached hydrogens (tertiary/aromatic N) is 2. The smallest absolute Gasteiger partial charge is 0.184 e. The van der Waals surface area contributed by atoms with Gasteiger partial charge >= 0.3 is 0 Å². The lowest BCUT2D eigenvalue weighted by atomic mass is 10.1. The Morgan fingerprint density at radius 2 is 1.10 bits per heavy atom. The lowest BCUT2D eigenvalue weighted by Gasteiger charge is -1.92. The van der Waals surface area contributed by atoms with Crippen molar-refractivity contribution < 1.29 is 0 Å². The van der Waals surface area contributed by atoms with E-state index in [0.717, 1.165) is 20.4 Å². The monoisotopic (exact) mass is 366 g/mol. The Kier molecular flexibility index (Phi) is 2.55. The topological polar surface area (TPSA) is 25.8 Å². The fraction of sp³-hybridized carbons (Fsp3) is 0. The fourth-order valence-corrected chi connectivity index (χ4v) is 5.80. The molecule has 0 saturated heterocycles. The molecule has 0 aliphatic rings. The number of halogens is 2. The Morgan fingerprint density at radius 1 is 0.619 bits per heavy atom. The highest BCUT2D eigenvalue weighted by atomic mass is 35.5. The second kappa shape index (κ2) is 4.27. The first kappa shape index (κ1) is 12.6. The first-order valence-corrected chi connectivity index (χ1v) is 9.26. The number of aromatic nitrogens is 2. The zero-order chi connectivity index (χ0) is 14.1. The van der Waals surface area contributed by atoms with Gasteiger partial charge in [-0.25, -0.2) is 9.97 Å². The highest BCUT2D eigenvalue weighted by molar-refractivity contribution is 7.27. The molecule has 21 heavy (non-hydrogen) atoms. The molecule has 102 valence electrons. The van der Waals surface area contributed by atoms with Gasteiger partial charge in [-0.1, -0.05) is 23.2 Å². The summed E-state index contributed by atoms with van der Waals surface area (Å²) < 4.78 is 5.86. The molecule has 0 atom stereocenters. The lowest BCUT2D eigenvalue weighted by Crippen LogP contribution is -1.70. The maximum Gasteiger partial charge on any atom is 0.184 e. The Morgan fingerprint density at radius 3 is 1.57 bits per heavy atom. The van der Waals surface area contributed by atoms with Gasteiger partial charge in [0.2, 0.25) is 0 Å². The van der Waals surface area contributed by atoms with Crippen molar-refractivity contribution in [2.24, 2.45) is 0 Å². The third-order valence-electron chi connectivity index (χ3n) is 3.44. The van der Waals surface area contributed by atoms with Crippen molar-refractivity contribution in [1.82, 2.24) is 9.97 Å². The molecule has 0 unspecified atom stereocenters. The lowest BCUT2D eigenvalue weighted by molar-refractivity contribution is 1.51. The number of fused-ring (bicyclic) bond motifs is 5. The first-order chi connectivity index (χ1) is 10.2. The van der Waals surface area contributed by atoms with E-state index in [9.17, 15) is 0 Å². The molecule has 0 bridgehead atoms. The maximum atomic E-state index is 6.01. The van der Waals surface area contributed by atoms with Crippen LogP contribution in [0.1, 0.15) is 0 Å². The van der Waals surface area contributed by atoms with E-state index in [1.165, 1.54) is 42.8 Å². The molecule has 3 heterocycles. The zero-order valence-corrected chi connectivity index (χ0v) is 14.1. The Hall–Kier alpha value is -0.980. The van der Waals surface area contributed by atoms with Crippen LogP contribution in [0, 0.1) is 0 Å². The summed E-state index contributed by atoms with van der Waals surface area (Å²) in [7, 11) is 0. The van der Waals surface area contributed by atoms with Gasteiger partial charge in [0.15, 0.2) is 8.93 Å². The second-order valence-corrected chi connectivity index (χ2v) is 8.98. The molecular weight excluding hydrogens is 363 g/mol. The predicted molar refractivity (Wildman–Crippen MR) is 95.7 cm³/mol. The van der Waals surface area contributed by atoms with Crippen molar-refractivity contribution in [3.8, 4) is 0 Å². The Balaban J connectivity index is 1.97. The molecular formula is C14H4Cl2N2S3. The number of thiazole rings is 2. The van der Waals surface area contributed by atoms with Crippen LogP contribution in [0.25, 0.3) is 40.6 Å². The van der Waals surface area contributed by atoms with E-state index in [4.69, 9.17) is 23.2 Å². The van der Waals surface area contributed by atoms with Crippen LogP contribution in [0.4, 0.5) is 0 Å². The van der Waals surface area contributed by atoms with E-state index in [1.807, 2.05) is 0 Å². The number of hydrogen-bond acceptors (Lipinski definition) is 5. The Labute approximate surface area is 140 Å². The number of thiophene rings is 1. The van der Waals surface area contributed by atoms with Crippen molar-refractivity contribution in [2.45, 2.75) is 0 Å². The molecule has 2 nitrogen and oxygen atoms in total. The van der Waals surface area contributed by atoms with E-state index in [-0.39, 0.29) is 0 Å². The second-order valence-electron chi connectivity index (χ2n) is 4.67. The summed E-state index contributed by atoms with van der Waals surface area (Å²) in [6.07, 6.45) is 0. The maximum absolute atomic E-state index is 6.01. The summed E-state index contributed by atoms with van der Waals surface area (Å²) in [4.78, 5) is 8.71. The minimum Gasteiger partial charge on any atom is -0.225 e. The average molecular weight is 367 g/mol. The van der Waals surface area contributed by atoms with Crippen LogP contribution in [0.15, 0.2) is 24.3 Å². The molecule has 0 N–H and O–H groups in total. The third kappa shape index (κ3) is 1.82. The van der Waals surface area contributed by atoms with E-state index < -0.39 is 0 Å². The molecule has 5 rings (SSSR count). The molecule has 2 aromatic carbocycles. The minimum absolute atomic E-state index is 0.587. The molecule has 0 aliphatic carbocycles. The van der Waals surface area contributed by atoms with Gasteiger partial charge in [0.25, 0.3) is 0 Å².